The Hall–Kier alpha value is -7.28. The standard InChI is InChI=1S/C51H32N4OS/c1-3-13-31(14-4-1)49-52-50(32-15-5-2-6-16-32)54-51(53-49)39-21-11-20-38-40-29-33(25-28-46(40)57-48(38)39)35-19-12-24-45-47(35)41-30-34(26-27-44(41)56-45)55-42-22-9-7-17-36(42)37-18-8-10-23-43(37)55/h1-30,49H,(H,52,53,54). The van der Waals surface area contributed by atoms with Crippen LogP contribution in [0, 0.1) is 0 Å². The van der Waals surface area contributed by atoms with Gasteiger partial charge < -0.3 is 14.3 Å². The number of aliphatic imine (C=N–C) groups is 2. The number of nitrogens with zero attached hydrogens (tertiary/aromatic N) is 3. The molecule has 6 heteroatoms. The van der Waals surface area contributed by atoms with Gasteiger partial charge in [-0.25, -0.2) is 9.98 Å². The molecule has 0 bridgehead atoms. The maximum absolute atomic E-state index is 6.53. The third-order valence-electron chi connectivity index (χ3n) is 11.3. The first-order chi connectivity index (χ1) is 28.2. The molecule has 0 spiro atoms. The van der Waals surface area contributed by atoms with E-state index in [4.69, 9.17) is 14.4 Å². The molecule has 4 heterocycles. The summed E-state index contributed by atoms with van der Waals surface area (Å²) in [5.41, 5.74) is 10.7. The predicted octanol–water partition coefficient (Wildman–Crippen LogP) is 13.2. The third kappa shape index (κ3) is 5.08. The number of hydrogen-bond acceptors (Lipinski definition) is 5. The van der Waals surface area contributed by atoms with Crippen LogP contribution >= 0.6 is 11.3 Å². The highest BCUT2D eigenvalue weighted by molar-refractivity contribution is 7.26. The number of nitrogens with one attached hydrogen (secondary N) is 1. The van der Waals surface area contributed by atoms with Crippen LogP contribution in [0.3, 0.4) is 0 Å². The van der Waals surface area contributed by atoms with Gasteiger partial charge >= 0.3 is 0 Å². The fraction of sp³-hybridized carbons (Fsp3) is 0.0196. The summed E-state index contributed by atoms with van der Waals surface area (Å²) in [5, 5.41) is 10.7. The van der Waals surface area contributed by atoms with Crippen LogP contribution < -0.4 is 5.32 Å². The zero-order chi connectivity index (χ0) is 37.5. The molecule has 3 aromatic heterocycles. The van der Waals surface area contributed by atoms with Gasteiger partial charge in [-0.05, 0) is 71.3 Å². The first-order valence-electron chi connectivity index (χ1n) is 19.2. The number of fused-ring (bicyclic) bond motifs is 9. The van der Waals surface area contributed by atoms with Crippen molar-refractivity contribution in [1.82, 2.24) is 9.88 Å². The van der Waals surface area contributed by atoms with Crippen molar-refractivity contribution in [2.45, 2.75) is 6.17 Å². The number of amidine groups is 2. The van der Waals surface area contributed by atoms with Gasteiger partial charge in [-0.1, -0.05) is 127 Å². The second-order valence-electron chi connectivity index (χ2n) is 14.6. The van der Waals surface area contributed by atoms with Crippen molar-refractivity contribution in [3.05, 3.63) is 199 Å². The maximum Gasteiger partial charge on any atom is 0.160 e. The fourth-order valence-corrected chi connectivity index (χ4v) is 9.85. The summed E-state index contributed by atoms with van der Waals surface area (Å²) in [6, 6.07) is 64.3. The zero-order valence-corrected chi connectivity index (χ0v) is 31.4. The average molecular weight is 749 g/mol. The molecule has 1 atom stereocenters. The van der Waals surface area contributed by atoms with Crippen LogP contribution in [0.5, 0.6) is 0 Å². The molecule has 0 fully saturated rings. The molecule has 1 unspecified atom stereocenters. The van der Waals surface area contributed by atoms with Gasteiger partial charge in [0.1, 0.15) is 23.2 Å². The number of furan rings is 1. The number of rotatable bonds is 5. The smallest absolute Gasteiger partial charge is 0.160 e. The first kappa shape index (κ1) is 32.0. The number of hydrogen-bond donors (Lipinski definition) is 1. The average Bonchev–Trinajstić information content (AvgIpc) is 3.96. The molecule has 0 aliphatic carbocycles. The van der Waals surface area contributed by atoms with Crippen molar-refractivity contribution in [2.24, 2.45) is 9.98 Å². The van der Waals surface area contributed by atoms with Crippen molar-refractivity contribution in [2.75, 3.05) is 0 Å². The van der Waals surface area contributed by atoms with Gasteiger partial charge in [0.25, 0.3) is 0 Å². The summed E-state index contributed by atoms with van der Waals surface area (Å²) in [5.74, 6) is 1.55. The normalized spacial score (nSPS) is 14.5. The molecule has 1 aliphatic rings. The van der Waals surface area contributed by atoms with E-state index < -0.39 is 0 Å². The van der Waals surface area contributed by atoms with Crippen LogP contribution in [0.25, 0.3) is 80.7 Å². The Labute approximate surface area is 331 Å². The van der Waals surface area contributed by atoms with E-state index in [1.165, 1.54) is 42.0 Å². The van der Waals surface area contributed by atoms with E-state index in [1.54, 1.807) is 11.3 Å². The van der Waals surface area contributed by atoms with Crippen LogP contribution in [0.1, 0.15) is 22.9 Å². The predicted molar refractivity (Wildman–Crippen MR) is 238 cm³/mol. The Morgan fingerprint density at radius 2 is 1.23 bits per heavy atom. The number of benzene rings is 8. The summed E-state index contributed by atoms with van der Waals surface area (Å²) in [6.07, 6.45) is -0.258. The van der Waals surface area contributed by atoms with Crippen LogP contribution in [0.4, 0.5) is 0 Å². The van der Waals surface area contributed by atoms with E-state index in [-0.39, 0.29) is 6.17 Å². The monoisotopic (exact) mass is 748 g/mol. The molecular formula is C51H32N4OS. The van der Waals surface area contributed by atoms with Crippen LogP contribution in [-0.4, -0.2) is 16.2 Å². The molecule has 1 N–H and O–H groups in total. The SMILES string of the molecule is c1ccc(C2=NC(c3cccc4c3sc3ccc(-c5cccc6oc7ccc(-n8c9ccccc9c9ccccc98)cc7c56)cc34)=NC(c3ccccc3)N2)cc1. The fourth-order valence-electron chi connectivity index (χ4n) is 8.66. The molecule has 12 rings (SSSR count). The van der Waals surface area contributed by atoms with Crippen molar-refractivity contribution in [3.8, 4) is 16.8 Å². The highest BCUT2D eigenvalue weighted by atomic mass is 32.1. The summed E-state index contributed by atoms with van der Waals surface area (Å²) in [7, 11) is 0. The van der Waals surface area contributed by atoms with Gasteiger partial charge in [0.2, 0.25) is 0 Å². The van der Waals surface area contributed by atoms with Crippen LogP contribution in [0.2, 0.25) is 0 Å². The molecule has 0 amide bonds. The van der Waals surface area contributed by atoms with Crippen LogP contribution in [0.15, 0.2) is 196 Å². The summed E-state index contributed by atoms with van der Waals surface area (Å²) in [4.78, 5) is 10.4. The van der Waals surface area contributed by atoms with Gasteiger partial charge in [0.05, 0.1) is 11.0 Å². The van der Waals surface area contributed by atoms with E-state index in [9.17, 15) is 0 Å². The molecule has 11 aromatic rings. The highest BCUT2D eigenvalue weighted by Gasteiger charge is 2.23. The number of para-hydroxylation sites is 2. The second kappa shape index (κ2) is 12.6. The van der Waals surface area contributed by atoms with E-state index in [2.05, 4.69) is 168 Å². The Morgan fingerprint density at radius 3 is 2.04 bits per heavy atom. The Bertz CT molecular complexity index is 3390. The lowest BCUT2D eigenvalue weighted by molar-refractivity contribution is 0.669. The lowest BCUT2D eigenvalue weighted by Crippen LogP contribution is -2.33. The molecule has 0 radical (unpaired) electrons. The molecule has 8 aromatic carbocycles. The molecule has 1 aliphatic heterocycles. The summed E-state index contributed by atoms with van der Waals surface area (Å²) in [6.45, 7) is 0. The second-order valence-corrected chi connectivity index (χ2v) is 15.6. The Balaban J connectivity index is 1.01. The Morgan fingerprint density at radius 1 is 0.526 bits per heavy atom. The van der Waals surface area contributed by atoms with Crippen molar-refractivity contribution < 1.29 is 4.42 Å². The molecule has 268 valence electrons. The van der Waals surface area contributed by atoms with Crippen LogP contribution in [-0.2, 0) is 0 Å². The van der Waals surface area contributed by atoms with Crippen molar-refractivity contribution in [3.63, 3.8) is 0 Å². The van der Waals surface area contributed by atoms with E-state index >= 15 is 0 Å². The van der Waals surface area contributed by atoms with Gasteiger partial charge in [0, 0.05) is 58.5 Å². The maximum atomic E-state index is 6.53. The lowest BCUT2D eigenvalue weighted by Gasteiger charge is -2.23. The van der Waals surface area contributed by atoms with Gasteiger partial charge in [0.15, 0.2) is 5.84 Å². The summed E-state index contributed by atoms with van der Waals surface area (Å²) < 4.78 is 11.3. The number of thiophene rings is 1. The molecule has 57 heavy (non-hydrogen) atoms. The third-order valence-corrected chi connectivity index (χ3v) is 12.5. The van der Waals surface area contributed by atoms with Gasteiger partial charge in [-0.2, -0.15) is 0 Å². The van der Waals surface area contributed by atoms with Gasteiger partial charge in [-0.15, -0.1) is 11.3 Å². The molecule has 5 nitrogen and oxygen atoms in total. The lowest BCUT2D eigenvalue weighted by atomic mass is 9.97. The van der Waals surface area contributed by atoms with Crippen molar-refractivity contribution >= 4 is 86.9 Å². The molecular weight excluding hydrogens is 717 g/mol. The summed E-state index contributed by atoms with van der Waals surface area (Å²) >= 11 is 1.80. The first-order valence-corrected chi connectivity index (χ1v) is 20.0. The molecule has 0 saturated carbocycles. The zero-order valence-electron chi connectivity index (χ0n) is 30.6. The topological polar surface area (TPSA) is 54.8 Å². The minimum absolute atomic E-state index is 0.258. The minimum atomic E-state index is -0.258. The Kier molecular flexibility index (Phi) is 7.09. The molecule has 0 saturated heterocycles. The quantitative estimate of drug-likeness (QED) is 0.191. The minimum Gasteiger partial charge on any atom is -0.456 e. The van der Waals surface area contributed by atoms with Crippen molar-refractivity contribution in [1.29, 1.82) is 0 Å². The number of aromatic nitrogens is 1. The van der Waals surface area contributed by atoms with E-state index in [1.807, 2.05) is 24.3 Å². The van der Waals surface area contributed by atoms with E-state index in [0.717, 1.165) is 67.1 Å². The highest BCUT2D eigenvalue weighted by Crippen LogP contribution is 2.43. The van der Waals surface area contributed by atoms with Gasteiger partial charge in [-0.3, -0.25) is 0 Å². The largest absolute Gasteiger partial charge is 0.456 e. The van der Waals surface area contributed by atoms with E-state index in [0.29, 0.717) is 0 Å².